The van der Waals surface area contributed by atoms with Crippen LogP contribution in [-0.4, -0.2) is 13.7 Å². The molecule has 17 heavy (non-hydrogen) atoms. The molecule has 0 N–H and O–H groups in total. The predicted octanol–water partition coefficient (Wildman–Crippen LogP) is 4.10. The highest BCUT2D eigenvalue weighted by molar-refractivity contribution is 5.24. The lowest BCUT2D eigenvalue weighted by molar-refractivity contribution is 0.180. The van der Waals surface area contributed by atoms with Gasteiger partial charge in [-0.2, -0.15) is 0 Å². The van der Waals surface area contributed by atoms with Crippen LogP contribution in [0.5, 0.6) is 0 Å². The summed E-state index contributed by atoms with van der Waals surface area (Å²) in [7, 11) is 1.77. The van der Waals surface area contributed by atoms with Crippen LogP contribution in [0.15, 0.2) is 24.3 Å². The monoisotopic (exact) mass is 234 g/mol. The largest absolute Gasteiger partial charge is 0.385 e. The molecule has 1 aromatic carbocycles. The van der Waals surface area contributed by atoms with Gasteiger partial charge in [-0.15, -0.1) is 0 Å². The van der Waals surface area contributed by atoms with Crippen molar-refractivity contribution in [3.8, 4) is 0 Å². The summed E-state index contributed by atoms with van der Waals surface area (Å²) < 4.78 is 5.13. The van der Waals surface area contributed by atoms with Gasteiger partial charge in [-0.25, -0.2) is 0 Å². The van der Waals surface area contributed by atoms with Crippen molar-refractivity contribution < 1.29 is 4.74 Å². The van der Waals surface area contributed by atoms with Crippen LogP contribution in [0.25, 0.3) is 0 Å². The molecule has 1 nitrogen and oxygen atoms in total. The smallest absolute Gasteiger partial charge is 0.0464 e. The Labute approximate surface area is 106 Å². The molecule has 0 saturated carbocycles. The summed E-state index contributed by atoms with van der Waals surface area (Å²) in [5.74, 6) is 1.43. The van der Waals surface area contributed by atoms with E-state index in [2.05, 4.69) is 45.0 Å². The lowest BCUT2D eigenvalue weighted by Gasteiger charge is -2.12. The zero-order valence-electron chi connectivity index (χ0n) is 11.7. The maximum atomic E-state index is 5.13. The van der Waals surface area contributed by atoms with Gasteiger partial charge in [-0.1, -0.05) is 45.0 Å². The van der Waals surface area contributed by atoms with Crippen LogP contribution < -0.4 is 0 Å². The quantitative estimate of drug-likeness (QED) is 0.690. The first-order valence-electron chi connectivity index (χ1n) is 6.68. The summed E-state index contributed by atoms with van der Waals surface area (Å²) >= 11 is 0. The van der Waals surface area contributed by atoms with Crippen LogP contribution in [0.1, 0.15) is 38.3 Å². The Balaban J connectivity index is 2.53. The number of hydrogen-bond acceptors (Lipinski definition) is 1. The van der Waals surface area contributed by atoms with Crippen molar-refractivity contribution in [1.82, 2.24) is 0 Å². The number of benzene rings is 1. The minimum absolute atomic E-state index is 0.698. The second-order valence-electron chi connectivity index (χ2n) is 5.51. The third-order valence-electron chi connectivity index (χ3n) is 3.03. The summed E-state index contributed by atoms with van der Waals surface area (Å²) in [6, 6.07) is 9.04. The van der Waals surface area contributed by atoms with Crippen LogP contribution in [0, 0.1) is 11.8 Å². The topological polar surface area (TPSA) is 9.23 Å². The highest BCUT2D eigenvalue weighted by Crippen LogP contribution is 2.15. The van der Waals surface area contributed by atoms with Gasteiger partial charge in [-0.05, 0) is 42.2 Å². The number of hydrogen-bond donors (Lipinski definition) is 0. The minimum atomic E-state index is 0.698. The molecule has 0 aliphatic rings. The fourth-order valence-electron chi connectivity index (χ4n) is 2.18. The standard InChI is InChI=1S/C16H26O/c1-13(2)10-15-6-5-7-16(12-15)11-14(3)8-9-17-4/h5-7,12-14H,8-11H2,1-4H3. The fraction of sp³-hybridized carbons (Fsp3) is 0.625. The molecule has 1 unspecified atom stereocenters. The number of rotatable bonds is 7. The molecule has 0 bridgehead atoms. The molecule has 0 heterocycles. The third kappa shape index (κ3) is 5.88. The van der Waals surface area contributed by atoms with Crippen molar-refractivity contribution >= 4 is 0 Å². The second kappa shape index (κ2) is 7.50. The molecule has 96 valence electrons. The van der Waals surface area contributed by atoms with Crippen molar-refractivity contribution in [1.29, 1.82) is 0 Å². The summed E-state index contributed by atoms with van der Waals surface area (Å²) in [6.45, 7) is 7.71. The van der Waals surface area contributed by atoms with Crippen molar-refractivity contribution in [2.24, 2.45) is 11.8 Å². The lowest BCUT2D eigenvalue weighted by Crippen LogP contribution is -2.04. The molecule has 0 saturated heterocycles. The van der Waals surface area contributed by atoms with Gasteiger partial charge in [0.2, 0.25) is 0 Å². The van der Waals surface area contributed by atoms with Gasteiger partial charge in [0.1, 0.15) is 0 Å². The lowest BCUT2D eigenvalue weighted by atomic mass is 9.95. The Kier molecular flexibility index (Phi) is 6.28. The van der Waals surface area contributed by atoms with Crippen LogP contribution in [0.4, 0.5) is 0 Å². The van der Waals surface area contributed by atoms with Gasteiger partial charge in [0.15, 0.2) is 0 Å². The zero-order valence-corrected chi connectivity index (χ0v) is 11.7. The third-order valence-corrected chi connectivity index (χ3v) is 3.03. The van der Waals surface area contributed by atoms with Crippen molar-refractivity contribution in [2.45, 2.75) is 40.0 Å². The molecule has 0 radical (unpaired) electrons. The Hall–Kier alpha value is -0.820. The first-order valence-corrected chi connectivity index (χ1v) is 6.68. The molecule has 0 fully saturated rings. The maximum absolute atomic E-state index is 5.13. The fourth-order valence-corrected chi connectivity index (χ4v) is 2.18. The second-order valence-corrected chi connectivity index (χ2v) is 5.51. The van der Waals surface area contributed by atoms with E-state index in [9.17, 15) is 0 Å². The molecule has 0 amide bonds. The Morgan fingerprint density at radius 1 is 1.06 bits per heavy atom. The maximum Gasteiger partial charge on any atom is 0.0464 e. The van der Waals surface area contributed by atoms with Crippen LogP contribution in [0.2, 0.25) is 0 Å². The van der Waals surface area contributed by atoms with Gasteiger partial charge in [0, 0.05) is 13.7 Å². The molecule has 1 aromatic rings. The van der Waals surface area contributed by atoms with E-state index in [1.54, 1.807) is 7.11 Å². The summed E-state index contributed by atoms with van der Waals surface area (Å²) in [4.78, 5) is 0. The van der Waals surface area contributed by atoms with Crippen LogP contribution >= 0.6 is 0 Å². The average molecular weight is 234 g/mol. The molecule has 0 spiro atoms. The van der Waals surface area contributed by atoms with E-state index < -0.39 is 0 Å². The zero-order chi connectivity index (χ0) is 12.7. The first-order chi connectivity index (χ1) is 8.11. The average Bonchev–Trinajstić information content (AvgIpc) is 2.26. The molecule has 0 aromatic heterocycles. The highest BCUT2D eigenvalue weighted by Gasteiger charge is 2.05. The normalized spacial score (nSPS) is 13.0. The van der Waals surface area contributed by atoms with Gasteiger partial charge in [0.25, 0.3) is 0 Å². The van der Waals surface area contributed by atoms with Gasteiger partial charge >= 0.3 is 0 Å². The molecule has 0 aliphatic carbocycles. The summed E-state index contributed by atoms with van der Waals surface area (Å²) in [5, 5.41) is 0. The van der Waals surface area contributed by atoms with E-state index in [0.29, 0.717) is 5.92 Å². The van der Waals surface area contributed by atoms with Crippen molar-refractivity contribution in [3.63, 3.8) is 0 Å². The van der Waals surface area contributed by atoms with E-state index in [1.807, 2.05) is 0 Å². The Bertz CT molecular complexity index is 317. The van der Waals surface area contributed by atoms with E-state index in [0.717, 1.165) is 25.4 Å². The van der Waals surface area contributed by atoms with E-state index in [4.69, 9.17) is 4.74 Å². The van der Waals surface area contributed by atoms with E-state index in [-0.39, 0.29) is 0 Å². The molecule has 1 heteroatoms. The summed E-state index contributed by atoms with van der Waals surface area (Å²) in [5.41, 5.74) is 2.93. The molecular formula is C16H26O. The van der Waals surface area contributed by atoms with Gasteiger partial charge in [0.05, 0.1) is 0 Å². The Morgan fingerprint density at radius 2 is 1.71 bits per heavy atom. The Morgan fingerprint density at radius 3 is 2.29 bits per heavy atom. The minimum Gasteiger partial charge on any atom is -0.385 e. The number of ether oxygens (including phenoxy) is 1. The molecular weight excluding hydrogens is 208 g/mol. The van der Waals surface area contributed by atoms with E-state index >= 15 is 0 Å². The van der Waals surface area contributed by atoms with Gasteiger partial charge < -0.3 is 4.74 Å². The van der Waals surface area contributed by atoms with Crippen LogP contribution in [-0.2, 0) is 17.6 Å². The number of methoxy groups -OCH3 is 1. The SMILES string of the molecule is COCCC(C)Cc1cccc(CC(C)C)c1. The van der Waals surface area contributed by atoms with Gasteiger partial charge in [-0.3, -0.25) is 0 Å². The first kappa shape index (κ1) is 14.2. The summed E-state index contributed by atoms with van der Waals surface area (Å²) in [6.07, 6.45) is 3.49. The molecule has 0 aliphatic heterocycles. The van der Waals surface area contributed by atoms with Crippen LogP contribution in [0.3, 0.4) is 0 Å². The van der Waals surface area contributed by atoms with Crippen molar-refractivity contribution in [2.75, 3.05) is 13.7 Å². The predicted molar refractivity (Wildman–Crippen MR) is 74.3 cm³/mol. The van der Waals surface area contributed by atoms with Crippen molar-refractivity contribution in [3.05, 3.63) is 35.4 Å². The molecule has 1 rings (SSSR count). The molecule has 1 atom stereocenters. The van der Waals surface area contributed by atoms with E-state index in [1.165, 1.54) is 17.5 Å². The highest BCUT2D eigenvalue weighted by atomic mass is 16.5.